The molecular formula is C30H32FN5O4. The smallest absolute Gasteiger partial charge is 0.412 e. The van der Waals surface area contributed by atoms with Gasteiger partial charge in [-0.05, 0) is 48.0 Å². The van der Waals surface area contributed by atoms with E-state index in [0.717, 1.165) is 24.3 Å². The van der Waals surface area contributed by atoms with Crippen molar-refractivity contribution in [3.63, 3.8) is 0 Å². The van der Waals surface area contributed by atoms with Crippen LogP contribution in [0.5, 0.6) is 0 Å². The molecule has 0 aliphatic carbocycles. The lowest BCUT2D eigenvalue weighted by atomic mass is 10.1. The molecule has 2 aliphatic rings. The van der Waals surface area contributed by atoms with Gasteiger partial charge in [0, 0.05) is 63.5 Å². The van der Waals surface area contributed by atoms with Crippen LogP contribution in [-0.2, 0) is 11.3 Å². The number of nitrogens with one attached hydrogen (secondary N) is 2. The average Bonchev–Trinajstić information content (AvgIpc) is 3.01. The van der Waals surface area contributed by atoms with Gasteiger partial charge >= 0.3 is 6.09 Å². The predicted octanol–water partition coefficient (Wildman–Crippen LogP) is 3.58. The molecule has 9 nitrogen and oxygen atoms in total. The number of nitrogens with zero attached hydrogens (tertiary/aromatic N) is 3. The number of piperazine rings is 2. The molecule has 3 aromatic carbocycles. The molecule has 10 heteroatoms. The Balaban J connectivity index is 1.30. The summed E-state index contributed by atoms with van der Waals surface area (Å²) in [5.41, 5.74) is 2.99. The summed E-state index contributed by atoms with van der Waals surface area (Å²) in [6, 6.07) is 20.2. The minimum atomic E-state index is -0.623. The van der Waals surface area contributed by atoms with Crippen LogP contribution in [0.4, 0.5) is 20.6 Å². The Kier molecular flexibility index (Phi) is 8.56. The number of carbonyl (C=O) groups excluding carboxylic acids is 3. The van der Waals surface area contributed by atoms with Crippen LogP contribution in [0.2, 0.25) is 0 Å². The van der Waals surface area contributed by atoms with Gasteiger partial charge in [0.1, 0.15) is 12.4 Å². The van der Waals surface area contributed by atoms with E-state index < -0.39 is 6.09 Å². The number of rotatable bonds is 6. The molecule has 0 spiro atoms. The van der Waals surface area contributed by atoms with E-state index in [9.17, 15) is 18.8 Å². The molecule has 0 aromatic heterocycles. The van der Waals surface area contributed by atoms with Crippen LogP contribution in [0.15, 0.2) is 72.8 Å². The summed E-state index contributed by atoms with van der Waals surface area (Å²) < 4.78 is 18.7. The molecule has 2 saturated heterocycles. The number of amides is 3. The summed E-state index contributed by atoms with van der Waals surface area (Å²) in [7, 11) is 0. The first-order chi connectivity index (χ1) is 19.5. The number of anilines is 2. The van der Waals surface area contributed by atoms with Gasteiger partial charge in [-0.1, -0.05) is 30.3 Å². The number of hydrogen-bond donors (Lipinski definition) is 2. The Bertz CT molecular complexity index is 1340. The normalized spacial score (nSPS) is 15.5. The van der Waals surface area contributed by atoms with Gasteiger partial charge in [0.15, 0.2) is 0 Å². The van der Waals surface area contributed by atoms with E-state index in [1.807, 2.05) is 36.4 Å². The number of benzene rings is 3. The first-order valence-corrected chi connectivity index (χ1v) is 13.4. The molecule has 0 radical (unpaired) electrons. The van der Waals surface area contributed by atoms with Crippen molar-refractivity contribution in [3.8, 4) is 0 Å². The highest BCUT2D eigenvalue weighted by Crippen LogP contribution is 2.29. The summed E-state index contributed by atoms with van der Waals surface area (Å²) in [5, 5.41) is 6.08. The zero-order chi connectivity index (χ0) is 27.9. The van der Waals surface area contributed by atoms with Crippen molar-refractivity contribution in [2.75, 3.05) is 62.6 Å². The molecule has 3 amide bonds. The SMILES string of the molecule is O=C(Nc1cc(C(=O)N2CCNCC2)ccc1N1CCN(C(=O)c2ccc(F)cc2)CC1)OCc1ccccc1. The van der Waals surface area contributed by atoms with Gasteiger partial charge in [-0.2, -0.15) is 0 Å². The van der Waals surface area contributed by atoms with E-state index in [0.29, 0.717) is 56.1 Å². The van der Waals surface area contributed by atoms with Crippen molar-refractivity contribution >= 4 is 29.3 Å². The minimum absolute atomic E-state index is 0.0940. The standard InChI is InChI=1S/C30H32FN5O4/c31-25-9-6-23(7-10-25)28(37)36-18-16-34(17-19-36)27-11-8-24(29(38)35-14-12-32-13-15-35)20-26(27)33-30(39)40-21-22-4-2-1-3-5-22/h1-11,20,32H,12-19,21H2,(H,33,39). The first-order valence-electron chi connectivity index (χ1n) is 13.4. The van der Waals surface area contributed by atoms with E-state index in [1.165, 1.54) is 24.3 Å². The second-order valence-corrected chi connectivity index (χ2v) is 9.75. The van der Waals surface area contributed by atoms with Gasteiger partial charge in [0.25, 0.3) is 11.8 Å². The molecule has 2 fully saturated rings. The fraction of sp³-hybridized carbons (Fsp3) is 0.300. The highest BCUT2D eigenvalue weighted by Gasteiger charge is 2.26. The highest BCUT2D eigenvalue weighted by molar-refractivity contribution is 5.99. The van der Waals surface area contributed by atoms with Crippen LogP contribution in [-0.4, -0.2) is 80.1 Å². The van der Waals surface area contributed by atoms with Gasteiger partial charge < -0.3 is 24.8 Å². The first kappa shape index (κ1) is 27.1. The van der Waals surface area contributed by atoms with E-state index in [4.69, 9.17) is 4.74 Å². The van der Waals surface area contributed by atoms with E-state index in [2.05, 4.69) is 15.5 Å². The Morgan fingerprint density at radius 1 is 0.775 bits per heavy atom. The van der Waals surface area contributed by atoms with Crippen LogP contribution in [0, 0.1) is 5.82 Å². The maximum atomic E-state index is 13.3. The summed E-state index contributed by atoms with van der Waals surface area (Å²) in [6.45, 7) is 4.77. The molecule has 2 N–H and O–H groups in total. The predicted molar refractivity (Wildman–Crippen MR) is 150 cm³/mol. The zero-order valence-corrected chi connectivity index (χ0v) is 22.1. The van der Waals surface area contributed by atoms with Gasteiger partial charge in [-0.15, -0.1) is 0 Å². The van der Waals surface area contributed by atoms with E-state index >= 15 is 0 Å². The second kappa shape index (κ2) is 12.6. The number of ether oxygens (including phenoxy) is 1. The Hall–Kier alpha value is -4.44. The fourth-order valence-electron chi connectivity index (χ4n) is 4.89. The van der Waals surface area contributed by atoms with Gasteiger partial charge in [0.2, 0.25) is 0 Å². The molecular weight excluding hydrogens is 513 g/mol. The van der Waals surface area contributed by atoms with E-state index in [1.54, 1.807) is 21.9 Å². The molecule has 2 aliphatic heterocycles. The van der Waals surface area contributed by atoms with Crippen LogP contribution < -0.4 is 15.5 Å². The molecule has 40 heavy (non-hydrogen) atoms. The molecule has 0 atom stereocenters. The molecule has 0 unspecified atom stereocenters. The Morgan fingerprint density at radius 2 is 1.40 bits per heavy atom. The maximum absolute atomic E-state index is 13.3. The molecule has 0 saturated carbocycles. The van der Waals surface area contributed by atoms with Crippen LogP contribution in [0.1, 0.15) is 26.3 Å². The van der Waals surface area contributed by atoms with Gasteiger partial charge in [-0.3, -0.25) is 14.9 Å². The highest BCUT2D eigenvalue weighted by atomic mass is 19.1. The quantitative estimate of drug-likeness (QED) is 0.492. The summed E-state index contributed by atoms with van der Waals surface area (Å²) in [4.78, 5) is 44.5. The zero-order valence-electron chi connectivity index (χ0n) is 22.1. The van der Waals surface area contributed by atoms with Crippen LogP contribution >= 0.6 is 0 Å². The number of hydrogen-bond acceptors (Lipinski definition) is 6. The molecule has 3 aromatic rings. The van der Waals surface area contributed by atoms with Crippen molar-refractivity contribution in [1.82, 2.24) is 15.1 Å². The van der Waals surface area contributed by atoms with Crippen LogP contribution in [0.3, 0.4) is 0 Å². The van der Waals surface area contributed by atoms with Gasteiger partial charge in [0.05, 0.1) is 11.4 Å². The largest absolute Gasteiger partial charge is 0.444 e. The monoisotopic (exact) mass is 545 g/mol. The topological polar surface area (TPSA) is 94.2 Å². The summed E-state index contributed by atoms with van der Waals surface area (Å²) >= 11 is 0. The lowest BCUT2D eigenvalue weighted by molar-refractivity contribution is 0.0731. The third-order valence-corrected chi connectivity index (χ3v) is 7.10. The maximum Gasteiger partial charge on any atom is 0.412 e. The average molecular weight is 546 g/mol. The fourth-order valence-corrected chi connectivity index (χ4v) is 4.89. The minimum Gasteiger partial charge on any atom is -0.444 e. The van der Waals surface area contributed by atoms with Crippen molar-refractivity contribution in [2.24, 2.45) is 0 Å². The lowest BCUT2D eigenvalue weighted by Crippen LogP contribution is -2.49. The Labute approximate surface area is 232 Å². The van der Waals surface area contributed by atoms with Crippen molar-refractivity contribution in [3.05, 3.63) is 95.3 Å². The van der Waals surface area contributed by atoms with Crippen molar-refractivity contribution in [2.45, 2.75) is 6.61 Å². The number of carbonyl (C=O) groups is 3. The molecule has 0 bridgehead atoms. The summed E-state index contributed by atoms with van der Waals surface area (Å²) in [6.07, 6.45) is -0.623. The van der Waals surface area contributed by atoms with Crippen LogP contribution in [0.25, 0.3) is 0 Å². The van der Waals surface area contributed by atoms with Crippen molar-refractivity contribution in [1.29, 1.82) is 0 Å². The summed E-state index contributed by atoms with van der Waals surface area (Å²) in [5.74, 6) is -0.634. The lowest BCUT2D eigenvalue weighted by Gasteiger charge is -2.37. The second-order valence-electron chi connectivity index (χ2n) is 9.75. The molecule has 2 heterocycles. The van der Waals surface area contributed by atoms with Crippen molar-refractivity contribution < 1.29 is 23.5 Å². The van der Waals surface area contributed by atoms with Gasteiger partial charge in [-0.25, -0.2) is 9.18 Å². The van der Waals surface area contributed by atoms with E-state index in [-0.39, 0.29) is 24.2 Å². The number of halogens is 1. The molecule has 5 rings (SSSR count). The molecule has 208 valence electrons. The third kappa shape index (κ3) is 6.58. The Morgan fingerprint density at radius 3 is 2.10 bits per heavy atom. The third-order valence-electron chi connectivity index (χ3n) is 7.10.